The van der Waals surface area contributed by atoms with Gasteiger partial charge < -0.3 is 30.5 Å². The molecule has 220 valence electrons. The molecule has 3 aromatic rings. The Morgan fingerprint density at radius 3 is 2.34 bits per heavy atom. The molecule has 12 nitrogen and oxygen atoms in total. The predicted molar refractivity (Wildman–Crippen MR) is 157 cm³/mol. The number of ether oxygens (including phenoxy) is 1. The topological polar surface area (TPSA) is 176 Å². The van der Waals surface area contributed by atoms with E-state index in [1.165, 1.54) is 23.2 Å². The fraction of sp³-hybridized carbons (Fsp3) is 0.172. The number of allylic oxidation sites excluding steroid dienone is 1. The second kappa shape index (κ2) is 14.7. The zero-order valence-electron chi connectivity index (χ0n) is 23.4. The van der Waals surface area contributed by atoms with Gasteiger partial charge in [-0.3, -0.25) is 14.5 Å². The summed E-state index contributed by atoms with van der Waals surface area (Å²) < 4.78 is 5.70. The summed E-state index contributed by atoms with van der Waals surface area (Å²) in [6.45, 7) is 2.96. The van der Waals surface area contributed by atoms with E-state index in [0.29, 0.717) is 5.57 Å². The first kappa shape index (κ1) is 33.0. The van der Waals surface area contributed by atoms with Crippen LogP contribution in [-0.2, 0) is 28.8 Å². The van der Waals surface area contributed by atoms with Crippen molar-refractivity contribution >= 4 is 57.7 Å². The SMILES string of the molecule is C=CC1=C(C(=O)[O-])N2C(=O)C(NC(=O)/C(=N/OCC(=O)OC(c3ccccc3)c3ccccc3)c3csc(N)n3)C2SC1.[Na+]. The van der Waals surface area contributed by atoms with E-state index in [2.05, 4.69) is 22.0 Å². The molecule has 2 unspecified atom stereocenters. The van der Waals surface area contributed by atoms with Gasteiger partial charge in [-0.25, -0.2) is 9.78 Å². The number of esters is 1. The molecule has 2 amide bonds. The van der Waals surface area contributed by atoms with Gasteiger partial charge in [0.25, 0.3) is 11.8 Å². The third-order valence-electron chi connectivity index (χ3n) is 6.50. The number of nitrogens with one attached hydrogen (secondary N) is 1. The normalized spacial score (nSPS) is 17.6. The van der Waals surface area contributed by atoms with Crippen LogP contribution < -0.4 is 45.7 Å². The fourth-order valence-electron chi connectivity index (χ4n) is 4.50. The number of nitrogens with zero attached hydrogens (tertiary/aromatic N) is 3. The summed E-state index contributed by atoms with van der Waals surface area (Å²) >= 11 is 2.31. The van der Waals surface area contributed by atoms with Gasteiger partial charge >= 0.3 is 35.5 Å². The first-order valence-corrected chi connectivity index (χ1v) is 14.7. The fourth-order valence-corrected chi connectivity index (χ4v) is 6.39. The molecule has 1 fully saturated rings. The smallest absolute Gasteiger partial charge is 0.543 e. The molecule has 2 aliphatic rings. The van der Waals surface area contributed by atoms with E-state index in [-0.39, 0.29) is 57.5 Å². The molecule has 0 aliphatic carbocycles. The van der Waals surface area contributed by atoms with Crippen LogP contribution in [0.3, 0.4) is 0 Å². The number of nitrogen functional groups attached to an aromatic ring is 1. The summed E-state index contributed by atoms with van der Waals surface area (Å²) in [4.78, 5) is 61.0. The Hall–Kier alpha value is -3.95. The molecule has 0 saturated carbocycles. The van der Waals surface area contributed by atoms with E-state index in [9.17, 15) is 24.3 Å². The Kier molecular flexibility index (Phi) is 11.0. The van der Waals surface area contributed by atoms with Crippen LogP contribution >= 0.6 is 23.1 Å². The second-order valence-electron chi connectivity index (χ2n) is 9.20. The zero-order valence-corrected chi connectivity index (χ0v) is 27.0. The number of thioether (sulfide) groups is 1. The zero-order chi connectivity index (χ0) is 30.5. The number of aromatic nitrogens is 1. The molecule has 5 rings (SSSR count). The van der Waals surface area contributed by atoms with E-state index in [1.807, 2.05) is 60.7 Å². The Bertz CT molecular complexity index is 1590. The number of amides is 2. The Balaban J connectivity index is 0.00000442. The van der Waals surface area contributed by atoms with Crippen molar-refractivity contribution < 1.29 is 63.4 Å². The molecule has 3 N–H and O–H groups in total. The van der Waals surface area contributed by atoms with Crippen molar-refractivity contribution in [1.29, 1.82) is 0 Å². The molecule has 44 heavy (non-hydrogen) atoms. The van der Waals surface area contributed by atoms with Crippen LogP contribution in [0.25, 0.3) is 0 Å². The summed E-state index contributed by atoms with van der Waals surface area (Å²) in [7, 11) is 0. The number of carboxylic acid groups (broad SMARTS) is 1. The quantitative estimate of drug-likeness (QED) is 0.0813. The van der Waals surface area contributed by atoms with Crippen LogP contribution in [0.2, 0.25) is 0 Å². The number of rotatable bonds is 11. The average Bonchev–Trinajstić information content (AvgIpc) is 3.46. The minimum atomic E-state index is -1.51. The predicted octanol–water partition coefficient (Wildman–Crippen LogP) is -1.63. The molecular weight excluding hydrogens is 617 g/mol. The maximum atomic E-state index is 13.3. The van der Waals surface area contributed by atoms with Gasteiger partial charge in [-0.15, -0.1) is 23.1 Å². The molecule has 0 spiro atoms. The number of carbonyl (C=O) groups is 4. The van der Waals surface area contributed by atoms with Crippen molar-refractivity contribution in [3.63, 3.8) is 0 Å². The first-order valence-electron chi connectivity index (χ1n) is 12.8. The number of oxime groups is 1. The second-order valence-corrected chi connectivity index (χ2v) is 11.2. The number of aliphatic carboxylic acids is 1. The van der Waals surface area contributed by atoms with Gasteiger partial charge in [-0.1, -0.05) is 78.5 Å². The van der Waals surface area contributed by atoms with E-state index in [1.54, 1.807) is 0 Å². The van der Waals surface area contributed by atoms with Crippen molar-refractivity contribution in [2.75, 3.05) is 18.1 Å². The van der Waals surface area contributed by atoms with Gasteiger partial charge in [0.2, 0.25) is 6.61 Å². The summed E-state index contributed by atoms with van der Waals surface area (Å²) in [5, 5.41) is 19.0. The molecule has 15 heteroatoms. The molecule has 1 saturated heterocycles. The van der Waals surface area contributed by atoms with Gasteiger partial charge in [0, 0.05) is 11.1 Å². The molecule has 2 atom stereocenters. The molecular formula is C29H24N5NaO7S2. The third-order valence-corrected chi connectivity index (χ3v) is 8.47. The van der Waals surface area contributed by atoms with Crippen molar-refractivity contribution in [3.8, 4) is 0 Å². The van der Waals surface area contributed by atoms with Gasteiger partial charge in [0.05, 0.1) is 11.7 Å². The van der Waals surface area contributed by atoms with Gasteiger partial charge in [-0.2, -0.15) is 0 Å². The maximum Gasteiger partial charge on any atom is 1.00 e. The van der Waals surface area contributed by atoms with E-state index < -0.39 is 47.9 Å². The van der Waals surface area contributed by atoms with E-state index >= 15 is 0 Å². The van der Waals surface area contributed by atoms with Crippen LogP contribution in [0.5, 0.6) is 0 Å². The minimum Gasteiger partial charge on any atom is -0.543 e. The Labute approximate surface area is 282 Å². The van der Waals surface area contributed by atoms with E-state index in [0.717, 1.165) is 27.4 Å². The van der Waals surface area contributed by atoms with Gasteiger partial charge in [-0.05, 0) is 16.7 Å². The molecule has 2 aliphatic heterocycles. The number of thiazole rings is 1. The molecule has 2 aromatic carbocycles. The van der Waals surface area contributed by atoms with Crippen molar-refractivity contribution in [2.24, 2.45) is 5.16 Å². The van der Waals surface area contributed by atoms with E-state index in [4.69, 9.17) is 15.3 Å². The number of anilines is 1. The van der Waals surface area contributed by atoms with Crippen LogP contribution in [0.15, 0.2) is 95.1 Å². The standard InChI is InChI=1S/C29H25N5O7S2.Na/c1-2-16-14-42-27-22(26(37)34(27)23(16)28(38)39)32-25(36)21(19-15-43-29(30)31-19)33-40-13-20(35)41-24(17-9-5-3-6-10-17)18-11-7-4-8-12-18;/h2-12,15,22,24,27H,1,13-14H2,(H2,30,31)(H,32,36)(H,38,39);/q;+1/p-1/b33-21+;. The summed E-state index contributed by atoms with van der Waals surface area (Å²) in [5.41, 5.74) is 7.04. The Morgan fingerprint density at radius 2 is 1.80 bits per heavy atom. The number of nitrogens with two attached hydrogens (primary N) is 1. The van der Waals surface area contributed by atoms with Crippen LogP contribution in [-0.4, -0.2) is 63.1 Å². The monoisotopic (exact) mass is 641 g/mol. The van der Waals surface area contributed by atoms with Gasteiger partial charge in [0.15, 0.2) is 16.9 Å². The number of hydrogen-bond acceptors (Lipinski definition) is 12. The largest absolute Gasteiger partial charge is 1.00 e. The number of carbonyl (C=O) groups excluding carboxylic acids is 4. The third kappa shape index (κ3) is 7.05. The van der Waals surface area contributed by atoms with Crippen molar-refractivity contribution in [3.05, 3.63) is 107 Å². The summed E-state index contributed by atoms with van der Waals surface area (Å²) in [6.07, 6.45) is 0.653. The number of benzene rings is 2. The summed E-state index contributed by atoms with van der Waals surface area (Å²) in [6, 6.07) is 17.3. The molecule has 0 radical (unpaired) electrons. The number of carboxylic acids is 1. The minimum absolute atomic E-state index is 0. The van der Waals surface area contributed by atoms with Crippen LogP contribution in [0, 0.1) is 0 Å². The van der Waals surface area contributed by atoms with Crippen LogP contribution in [0.4, 0.5) is 5.13 Å². The molecule has 3 heterocycles. The Morgan fingerprint density at radius 1 is 1.16 bits per heavy atom. The van der Waals surface area contributed by atoms with Crippen molar-refractivity contribution in [2.45, 2.75) is 17.5 Å². The summed E-state index contributed by atoms with van der Waals surface area (Å²) in [5.74, 6) is -3.48. The number of hydrogen-bond donors (Lipinski definition) is 2. The van der Waals surface area contributed by atoms with Crippen LogP contribution in [0.1, 0.15) is 22.9 Å². The van der Waals surface area contributed by atoms with Gasteiger partial charge in [0.1, 0.15) is 17.1 Å². The average molecular weight is 642 g/mol. The first-order chi connectivity index (χ1) is 20.8. The number of β-lactam (4-membered cyclic amide) rings is 1. The molecule has 0 bridgehead atoms. The molecule has 1 aromatic heterocycles. The maximum absolute atomic E-state index is 13.3. The number of fused-ring (bicyclic) bond motifs is 1. The van der Waals surface area contributed by atoms with Crippen molar-refractivity contribution in [1.82, 2.24) is 15.2 Å².